The average Bonchev–Trinajstić information content (AvgIpc) is 2.97. The summed E-state index contributed by atoms with van der Waals surface area (Å²) in [5.74, 6) is 1.29. The number of carbonyl (C=O) groups excluding carboxylic acids is 1. The van der Waals surface area contributed by atoms with E-state index in [0.717, 1.165) is 23.5 Å². The number of methoxy groups -OCH3 is 1. The van der Waals surface area contributed by atoms with Crippen LogP contribution < -0.4 is 10.1 Å². The number of anilines is 1. The van der Waals surface area contributed by atoms with Crippen LogP contribution in [0.4, 0.5) is 5.69 Å². The van der Waals surface area contributed by atoms with Gasteiger partial charge in [-0.2, -0.15) is 11.3 Å². The fourth-order valence-corrected chi connectivity index (χ4v) is 2.77. The zero-order valence-electron chi connectivity index (χ0n) is 12.7. The lowest BCUT2D eigenvalue weighted by Crippen LogP contribution is -2.06. The van der Waals surface area contributed by atoms with Gasteiger partial charge in [-0.15, -0.1) is 0 Å². The summed E-state index contributed by atoms with van der Waals surface area (Å²) in [6.45, 7) is 4.83. The summed E-state index contributed by atoms with van der Waals surface area (Å²) in [6, 6.07) is 7.65. The SMILES string of the molecule is COc1ccc(C(=O)CC(C)C)cc1NCc1ccsc1. The van der Waals surface area contributed by atoms with Crippen LogP contribution in [-0.4, -0.2) is 12.9 Å². The molecule has 2 aromatic rings. The molecular weight excluding hydrogens is 282 g/mol. The second kappa shape index (κ2) is 7.27. The van der Waals surface area contributed by atoms with E-state index >= 15 is 0 Å². The highest BCUT2D eigenvalue weighted by molar-refractivity contribution is 7.07. The van der Waals surface area contributed by atoms with Crippen molar-refractivity contribution < 1.29 is 9.53 Å². The van der Waals surface area contributed by atoms with Crippen molar-refractivity contribution in [2.24, 2.45) is 5.92 Å². The lowest BCUT2D eigenvalue weighted by molar-refractivity contribution is 0.0968. The zero-order chi connectivity index (χ0) is 15.2. The normalized spacial score (nSPS) is 10.7. The average molecular weight is 303 g/mol. The summed E-state index contributed by atoms with van der Waals surface area (Å²) in [6.07, 6.45) is 0.566. The van der Waals surface area contributed by atoms with Gasteiger partial charge in [0.15, 0.2) is 5.78 Å². The van der Waals surface area contributed by atoms with Gasteiger partial charge in [0.25, 0.3) is 0 Å². The van der Waals surface area contributed by atoms with Crippen molar-refractivity contribution in [2.75, 3.05) is 12.4 Å². The van der Waals surface area contributed by atoms with E-state index in [2.05, 4.69) is 36.0 Å². The second-order valence-corrected chi connectivity index (χ2v) is 6.20. The van der Waals surface area contributed by atoms with E-state index in [-0.39, 0.29) is 5.78 Å². The number of hydrogen-bond donors (Lipinski definition) is 1. The Morgan fingerprint density at radius 3 is 2.76 bits per heavy atom. The van der Waals surface area contributed by atoms with E-state index in [1.807, 2.05) is 18.2 Å². The molecule has 0 aliphatic heterocycles. The molecule has 112 valence electrons. The molecule has 3 nitrogen and oxygen atoms in total. The Morgan fingerprint density at radius 2 is 2.14 bits per heavy atom. The summed E-state index contributed by atoms with van der Waals surface area (Å²) in [5.41, 5.74) is 2.82. The topological polar surface area (TPSA) is 38.3 Å². The van der Waals surface area contributed by atoms with Crippen molar-refractivity contribution in [3.8, 4) is 5.75 Å². The van der Waals surface area contributed by atoms with Crippen molar-refractivity contribution in [2.45, 2.75) is 26.8 Å². The number of ether oxygens (including phenoxy) is 1. The predicted octanol–water partition coefficient (Wildman–Crippen LogP) is 4.60. The largest absolute Gasteiger partial charge is 0.495 e. The minimum Gasteiger partial charge on any atom is -0.495 e. The van der Waals surface area contributed by atoms with E-state index < -0.39 is 0 Å². The molecule has 2 rings (SSSR count). The van der Waals surface area contributed by atoms with Crippen LogP contribution in [0.5, 0.6) is 5.75 Å². The van der Waals surface area contributed by atoms with Gasteiger partial charge in [-0.25, -0.2) is 0 Å². The molecule has 1 N–H and O–H groups in total. The molecule has 0 unspecified atom stereocenters. The van der Waals surface area contributed by atoms with Gasteiger partial charge in [-0.05, 0) is 46.5 Å². The number of Topliss-reactive ketones (excluding diaryl/α,β-unsaturated/α-hetero) is 1. The first kappa shape index (κ1) is 15.6. The van der Waals surface area contributed by atoms with E-state index in [1.165, 1.54) is 5.56 Å². The zero-order valence-corrected chi connectivity index (χ0v) is 13.5. The highest BCUT2D eigenvalue weighted by Crippen LogP contribution is 2.27. The minimum atomic E-state index is 0.172. The number of ketones is 1. The minimum absolute atomic E-state index is 0.172. The summed E-state index contributed by atoms with van der Waals surface area (Å²) < 4.78 is 5.36. The van der Waals surface area contributed by atoms with E-state index in [9.17, 15) is 4.79 Å². The van der Waals surface area contributed by atoms with E-state index in [1.54, 1.807) is 18.4 Å². The third-order valence-corrected chi connectivity index (χ3v) is 3.91. The van der Waals surface area contributed by atoms with Crippen LogP contribution in [-0.2, 0) is 6.54 Å². The summed E-state index contributed by atoms with van der Waals surface area (Å²) in [4.78, 5) is 12.2. The molecule has 0 aliphatic rings. The van der Waals surface area contributed by atoms with Crippen molar-refractivity contribution >= 4 is 22.8 Å². The first-order chi connectivity index (χ1) is 10.1. The number of nitrogens with one attached hydrogen (secondary N) is 1. The molecule has 0 saturated heterocycles. The smallest absolute Gasteiger partial charge is 0.163 e. The van der Waals surface area contributed by atoms with Crippen LogP contribution in [0.15, 0.2) is 35.0 Å². The Labute approximate surface area is 130 Å². The van der Waals surface area contributed by atoms with Crippen molar-refractivity contribution in [1.82, 2.24) is 0 Å². The van der Waals surface area contributed by atoms with Crippen molar-refractivity contribution in [1.29, 1.82) is 0 Å². The van der Waals surface area contributed by atoms with Gasteiger partial charge in [-0.1, -0.05) is 13.8 Å². The Kier molecular flexibility index (Phi) is 5.39. The van der Waals surface area contributed by atoms with Crippen LogP contribution in [0, 0.1) is 5.92 Å². The Balaban J connectivity index is 2.15. The third kappa shape index (κ3) is 4.33. The van der Waals surface area contributed by atoms with Gasteiger partial charge in [0.1, 0.15) is 5.75 Å². The maximum Gasteiger partial charge on any atom is 0.163 e. The number of hydrogen-bond acceptors (Lipinski definition) is 4. The van der Waals surface area contributed by atoms with Gasteiger partial charge in [0.05, 0.1) is 12.8 Å². The molecule has 0 radical (unpaired) electrons. The molecule has 0 bridgehead atoms. The van der Waals surface area contributed by atoms with Gasteiger partial charge in [-0.3, -0.25) is 4.79 Å². The van der Waals surface area contributed by atoms with Gasteiger partial charge < -0.3 is 10.1 Å². The molecule has 1 aromatic carbocycles. The Morgan fingerprint density at radius 1 is 1.33 bits per heavy atom. The molecular formula is C17H21NO2S. The molecule has 0 atom stereocenters. The highest BCUT2D eigenvalue weighted by Gasteiger charge is 2.11. The molecule has 4 heteroatoms. The molecule has 21 heavy (non-hydrogen) atoms. The third-order valence-electron chi connectivity index (χ3n) is 3.18. The highest BCUT2D eigenvalue weighted by atomic mass is 32.1. The second-order valence-electron chi connectivity index (χ2n) is 5.42. The fraction of sp³-hybridized carbons (Fsp3) is 0.353. The molecule has 1 heterocycles. The Bertz CT molecular complexity index is 591. The molecule has 1 aromatic heterocycles. The van der Waals surface area contributed by atoms with Crippen LogP contribution in [0.25, 0.3) is 0 Å². The number of rotatable bonds is 7. The summed E-state index contributed by atoms with van der Waals surface area (Å²) in [7, 11) is 1.64. The maximum absolute atomic E-state index is 12.2. The van der Waals surface area contributed by atoms with Crippen molar-refractivity contribution in [3.05, 3.63) is 46.2 Å². The van der Waals surface area contributed by atoms with E-state index in [0.29, 0.717) is 12.3 Å². The number of thiophene rings is 1. The number of carbonyl (C=O) groups is 1. The maximum atomic E-state index is 12.2. The van der Waals surface area contributed by atoms with Crippen LogP contribution in [0.2, 0.25) is 0 Å². The van der Waals surface area contributed by atoms with Crippen LogP contribution >= 0.6 is 11.3 Å². The van der Waals surface area contributed by atoms with E-state index in [4.69, 9.17) is 4.74 Å². The molecule has 0 aliphatic carbocycles. The molecule has 0 fully saturated rings. The monoisotopic (exact) mass is 303 g/mol. The van der Waals surface area contributed by atoms with Crippen LogP contribution in [0.3, 0.4) is 0 Å². The van der Waals surface area contributed by atoms with Gasteiger partial charge in [0, 0.05) is 18.5 Å². The predicted molar refractivity (Wildman–Crippen MR) is 88.4 cm³/mol. The molecule has 0 amide bonds. The number of benzene rings is 1. The lowest BCUT2D eigenvalue weighted by Gasteiger charge is -2.13. The Hall–Kier alpha value is -1.81. The standard InChI is InChI=1S/C17H21NO2S/c1-12(2)8-16(19)14-4-5-17(20-3)15(9-14)18-10-13-6-7-21-11-13/h4-7,9,11-12,18H,8,10H2,1-3H3. The van der Waals surface area contributed by atoms with Crippen LogP contribution in [0.1, 0.15) is 36.2 Å². The van der Waals surface area contributed by atoms with Gasteiger partial charge in [0.2, 0.25) is 0 Å². The molecule has 0 saturated carbocycles. The lowest BCUT2D eigenvalue weighted by atomic mass is 10.0. The first-order valence-electron chi connectivity index (χ1n) is 7.06. The summed E-state index contributed by atoms with van der Waals surface area (Å²) >= 11 is 1.67. The quantitative estimate of drug-likeness (QED) is 0.760. The summed E-state index contributed by atoms with van der Waals surface area (Å²) in [5, 5.41) is 7.50. The first-order valence-corrected chi connectivity index (χ1v) is 8.00. The fourth-order valence-electron chi connectivity index (χ4n) is 2.10. The van der Waals surface area contributed by atoms with Gasteiger partial charge >= 0.3 is 0 Å². The molecule has 0 spiro atoms. The van der Waals surface area contributed by atoms with Crippen molar-refractivity contribution in [3.63, 3.8) is 0 Å².